The quantitative estimate of drug-likeness (QED) is 0.228. The van der Waals surface area contributed by atoms with Crippen molar-refractivity contribution in [1.82, 2.24) is 5.32 Å². The number of hydrogen-bond donors (Lipinski definition) is 0. The molecule has 1 atom stereocenters. The summed E-state index contributed by atoms with van der Waals surface area (Å²) in [6.07, 6.45) is 23.0. The van der Waals surface area contributed by atoms with Crippen LogP contribution in [-0.2, 0) is 9.59 Å². The van der Waals surface area contributed by atoms with Gasteiger partial charge in [0.2, 0.25) is 5.91 Å². The zero-order valence-corrected chi connectivity index (χ0v) is 16.6. The Kier molecular flexibility index (Phi) is 13.7. The van der Waals surface area contributed by atoms with Crippen LogP contribution in [0.25, 0.3) is 0 Å². The molecule has 0 N–H and O–H groups in total. The van der Waals surface area contributed by atoms with Crippen molar-refractivity contribution < 1.29 is 9.59 Å². The number of amides is 2. The smallest absolute Gasteiger partial charge is 0.252 e. The van der Waals surface area contributed by atoms with Crippen molar-refractivity contribution in [2.45, 2.75) is 122 Å². The van der Waals surface area contributed by atoms with Gasteiger partial charge in [-0.25, -0.2) is 0 Å². The zero-order chi connectivity index (χ0) is 18.2. The fourth-order valence-electron chi connectivity index (χ4n) is 3.72. The molecule has 1 aliphatic rings. The molecule has 0 aromatic carbocycles. The second-order valence-corrected chi connectivity index (χ2v) is 7.84. The molecule has 0 aliphatic carbocycles. The standard InChI is InChI=1S/C22H40NO2/c1-2-3-4-5-6-7-8-9-10-11-12-13-14-15-16-17-18-20-19-21(24)23-22(20)25/h20H,2-19H2,1H3. The second-order valence-electron chi connectivity index (χ2n) is 7.84. The van der Waals surface area contributed by atoms with Gasteiger partial charge in [0.05, 0.1) is 0 Å². The first-order valence-corrected chi connectivity index (χ1v) is 11.0. The van der Waals surface area contributed by atoms with E-state index in [0.717, 1.165) is 12.8 Å². The van der Waals surface area contributed by atoms with Gasteiger partial charge in [-0.05, 0) is 6.42 Å². The van der Waals surface area contributed by atoms with Gasteiger partial charge in [-0.15, -0.1) is 0 Å². The van der Waals surface area contributed by atoms with Crippen LogP contribution in [-0.4, -0.2) is 11.8 Å². The van der Waals surface area contributed by atoms with Gasteiger partial charge in [-0.2, -0.15) is 5.32 Å². The Labute approximate surface area is 155 Å². The van der Waals surface area contributed by atoms with Gasteiger partial charge < -0.3 is 0 Å². The number of rotatable bonds is 17. The number of hydrogen-bond acceptors (Lipinski definition) is 2. The molecule has 1 saturated heterocycles. The Morgan fingerprint density at radius 3 is 1.44 bits per heavy atom. The summed E-state index contributed by atoms with van der Waals surface area (Å²) in [5, 5.41) is 3.48. The zero-order valence-electron chi connectivity index (χ0n) is 16.6. The first-order valence-electron chi connectivity index (χ1n) is 11.0. The fourth-order valence-corrected chi connectivity index (χ4v) is 3.72. The van der Waals surface area contributed by atoms with Gasteiger partial charge in [0.1, 0.15) is 0 Å². The summed E-state index contributed by atoms with van der Waals surface area (Å²) in [6, 6.07) is 0. The van der Waals surface area contributed by atoms with E-state index in [9.17, 15) is 9.59 Å². The van der Waals surface area contributed by atoms with Gasteiger partial charge in [-0.1, -0.05) is 110 Å². The van der Waals surface area contributed by atoms with Crippen molar-refractivity contribution in [3.05, 3.63) is 0 Å². The van der Waals surface area contributed by atoms with Crippen molar-refractivity contribution in [2.75, 3.05) is 0 Å². The van der Waals surface area contributed by atoms with E-state index in [0.29, 0.717) is 6.42 Å². The summed E-state index contributed by atoms with van der Waals surface area (Å²) in [5.74, 6) is -0.489. The van der Waals surface area contributed by atoms with E-state index in [1.165, 1.54) is 96.3 Å². The van der Waals surface area contributed by atoms with Crippen LogP contribution in [0.2, 0.25) is 0 Å². The third-order valence-corrected chi connectivity index (χ3v) is 5.41. The Morgan fingerprint density at radius 1 is 0.680 bits per heavy atom. The van der Waals surface area contributed by atoms with Gasteiger partial charge in [0, 0.05) is 12.3 Å². The molecule has 0 bridgehead atoms. The van der Waals surface area contributed by atoms with Crippen LogP contribution in [0.1, 0.15) is 122 Å². The third kappa shape index (κ3) is 12.2. The highest BCUT2D eigenvalue weighted by Crippen LogP contribution is 2.20. The number of carbonyl (C=O) groups excluding carboxylic acids is 2. The highest BCUT2D eigenvalue weighted by atomic mass is 16.2. The van der Waals surface area contributed by atoms with Crippen LogP contribution >= 0.6 is 0 Å². The minimum atomic E-state index is -0.216. The molecular formula is C22H40NO2. The Balaban J connectivity index is 1.72. The minimum absolute atomic E-state index is 0.0980. The molecule has 3 heteroatoms. The van der Waals surface area contributed by atoms with Gasteiger partial charge in [0.15, 0.2) is 0 Å². The van der Waals surface area contributed by atoms with Crippen LogP contribution in [0.15, 0.2) is 0 Å². The molecule has 2 amide bonds. The molecule has 0 aromatic heterocycles. The number of unbranched alkanes of at least 4 members (excludes halogenated alkanes) is 15. The van der Waals surface area contributed by atoms with E-state index in [1.54, 1.807) is 0 Å². The molecule has 1 radical (unpaired) electrons. The molecule has 0 spiro atoms. The number of nitrogens with zero attached hydrogens (tertiary/aromatic N) is 1. The maximum atomic E-state index is 11.4. The molecule has 25 heavy (non-hydrogen) atoms. The van der Waals surface area contributed by atoms with Crippen molar-refractivity contribution in [1.29, 1.82) is 0 Å². The van der Waals surface area contributed by atoms with Crippen molar-refractivity contribution in [2.24, 2.45) is 5.92 Å². The van der Waals surface area contributed by atoms with E-state index in [2.05, 4.69) is 12.2 Å². The Hall–Kier alpha value is -0.860. The highest BCUT2D eigenvalue weighted by Gasteiger charge is 2.31. The average Bonchev–Trinajstić information content (AvgIpc) is 2.92. The van der Waals surface area contributed by atoms with Crippen LogP contribution in [0, 0.1) is 5.92 Å². The Bertz CT molecular complexity index is 354. The predicted octanol–water partition coefficient (Wildman–Crippen LogP) is 6.32. The maximum Gasteiger partial charge on any atom is 0.252 e. The van der Waals surface area contributed by atoms with E-state index >= 15 is 0 Å². The highest BCUT2D eigenvalue weighted by molar-refractivity contribution is 6.02. The average molecular weight is 351 g/mol. The minimum Gasteiger partial charge on any atom is -0.272 e. The largest absolute Gasteiger partial charge is 0.272 e. The first-order chi connectivity index (χ1) is 12.2. The van der Waals surface area contributed by atoms with Gasteiger partial charge in [-0.3, -0.25) is 9.59 Å². The van der Waals surface area contributed by atoms with E-state index < -0.39 is 0 Å². The molecule has 1 heterocycles. The van der Waals surface area contributed by atoms with E-state index in [1.807, 2.05) is 0 Å². The van der Waals surface area contributed by atoms with Crippen LogP contribution in [0.3, 0.4) is 0 Å². The van der Waals surface area contributed by atoms with Crippen molar-refractivity contribution in [3.63, 3.8) is 0 Å². The first kappa shape index (κ1) is 22.2. The molecule has 0 saturated carbocycles. The normalized spacial score (nSPS) is 17.2. The monoisotopic (exact) mass is 350 g/mol. The van der Waals surface area contributed by atoms with Gasteiger partial charge >= 0.3 is 0 Å². The predicted molar refractivity (Wildman–Crippen MR) is 104 cm³/mol. The second kappa shape index (κ2) is 15.4. The molecule has 145 valence electrons. The lowest BCUT2D eigenvalue weighted by molar-refractivity contribution is -0.126. The topological polar surface area (TPSA) is 48.2 Å². The van der Waals surface area contributed by atoms with Crippen LogP contribution in [0.5, 0.6) is 0 Å². The van der Waals surface area contributed by atoms with Crippen LogP contribution < -0.4 is 5.32 Å². The van der Waals surface area contributed by atoms with Crippen molar-refractivity contribution in [3.8, 4) is 0 Å². The summed E-state index contributed by atoms with van der Waals surface area (Å²) >= 11 is 0. The SMILES string of the molecule is CCCCCCCCCCCCCCCCCCC1CC(=O)[N]C1=O. The van der Waals surface area contributed by atoms with E-state index in [4.69, 9.17) is 0 Å². The molecule has 1 aliphatic heterocycles. The molecular weight excluding hydrogens is 310 g/mol. The maximum absolute atomic E-state index is 11.4. The van der Waals surface area contributed by atoms with E-state index in [-0.39, 0.29) is 17.7 Å². The number of carbonyl (C=O) groups is 2. The summed E-state index contributed by atoms with van der Waals surface area (Å²) in [5.41, 5.74) is 0. The summed E-state index contributed by atoms with van der Waals surface area (Å²) in [6.45, 7) is 2.28. The summed E-state index contributed by atoms with van der Waals surface area (Å²) < 4.78 is 0. The lowest BCUT2D eigenvalue weighted by atomic mass is 9.98. The number of imide groups is 1. The van der Waals surface area contributed by atoms with Crippen LogP contribution in [0.4, 0.5) is 0 Å². The fraction of sp³-hybridized carbons (Fsp3) is 0.909. The molecule has 1 rings (SSSR count). The molecule has 3 nitrogen and oxygen atoms in total. The van der Waals surface area contributed by atoms with Crippen molar-refractivity contribution >= 4 is 11.8 Å². The molecule has 1 unspecified atom stereocenters. The summed E-state index contributed by atoms with van der Waals surface area (Å²) in [7, 11) is 0. The summed E-state index contributed by atoms with van der Waals surface area (Å²) in [4.78, 5) is 22.4. The molecule has 1 fully saturated rings. The Morgan fingerprint density at radius 2 is 1.08 bits per heavy atom. The lowest BCUT2D eigenvalue weighted by Gasteiger charge is -2.05. The third-order valence-electron chi connectivity index (χ3n) is 5.41. The van der Waals surface area contributed by atoms with Gasteiger partial charge in [0.25, 0.3) is 5.91 Å². The lowest BCUT2D eigenvalue weighted by Crippen LogP contribution is -2.14. The molecule has 0 aromatic rings.